The number of carbonyl (C=O) groups is 2. The van der Waals surface area contributed by atoms with E-state index in [1.807, 2.05) is 0 Å². The highest BCUT2D eigenvalue weighted by Crippen LogP contribution is 2.60. The number of aromatic nitrogens is 2. The number of H-pyrrole nitrogens is 2. The zero-order chi connectivity index (χ0) is 20.0. The highest BCUT2D eigenvalue weighted by atomic mass is 16.2. The fourth-order valence-electron chi connectivity index (χ4n) is 6.36. The van der Waals surface area contributed by atoms with Gasteiger partial charge < -0.3 is 20.6 Å². The maximum atomic E-state index is 12.9. The minimum atomic E-state index is -0.266. The van der Waals surface area contributed by atoms with Crippen molar-refractivity contribution in [2.75, 3.05) is 11.9 Å². The summed E-state index contributed by atoms with van der Waals surface area (Å²) in [6.07, 6.45) is 8.15. The number of anilines is 1. The first kappa shape index (κ1) is 18.5. The largest absolute Gasteiger partial charge is 0.356 e. The molecule has 0 atom stereocenters. The molecule has 4 saturated carbocycles. The van der Waals surface area contributed by atoms with Crippen molar-refractivity contribution in [3.05, 3.63) is 28.7 Å². The number of amides is 2. The number of hydrogen-bond acceptors (Lipinski definition) is 3. The third-order valence-electron chi connectivity index (χ3n) is 7.19. The average molecular weight is 396 g/mol. The van der Waals surface area contributed by atoms with Gasteiger partial charge >= 0.3 is 5.69 Å². The number of benzene rings is 1. The fraction of sp³-hybridized carbons (Fsp3) is 0.591. The lowest BCUT2D eigenvalue weighted by Crippen LogP contribution is -2.53. The van der Waals surface area contributed by atoms with Crippen LogP contribution in [0.2, 0.25) is 0 Å². The summed E-state index contributed by atoms with van der Waals surface area (Å²) < 4.78 is 0. The number of imidazole rings is 1. The van der Waals surface area contributed by atoms with Crippen molar-refractivity contribution in [3.63, 3.8) is 0 Å². The monoisotopic (exact) mass is 396 g/mol. The molecular formula is C22H28N4O3. The number of nitrogens with one attached hydrogen (secondary N) is 4. The van der Waals surface area contributed by atoms with Crippen LogP contribution in [-0.2, 0) is 9.59 Å². The molecule has 154 valence electrons. The Morgan fingerprint density at radius 2 is 1.66 bits per heavy atom. The van der Waals surface area contributed by atoms with Crippen molar-refractivity contribution >= 4 is 28.5 Å². The summed E-state index contributed by atoms with van der Waals surface area (Å²) in [5.41, 5.74) is 1.63. The topological polar surface area (TPSA) is 107 Å². The molecule has 7 nitrogen and oxygen atoms in total. The Balaban J connectivity index is 1.09. The molecule has 1 aromatic heterocycles. The van der Waals surface area contributed by atoms with Crippen LogP contribution in [0.5, 0.6) is 0 Å². The predicted molar refractivity (Wildman–Crippen MR) is 110 cm³/mol. The van der Waals surface area contributed by atoms with Gasteiger partial charge in [0.15, 0.2) is 0 Å². The van der Waals surface area contributed by atoms with E-state index in [9.17, 15) is 14.4 Å². The summed E-state index contributed by atoms with van der Waals surface area (Å²) in [5.74, 6) is 2.39. The first-order valence-corrected chi connectivity index (χ1v) is 10.8. The number of fused-ring (bicyclic) bond motifs is 1. The fourth-order valence-corrected chi connectivity index (χ4v) is 6.36. The van der Waals surface area contributed by atoms with Crippen LogP contribution in [0.3, 0.4) is 0 Å². The van der Waals surface area contributed by atoms with Crippen molar-refractivity contribution in [2.24, 2.45) is 23.2 Å². The van der Waals surface area contributed by atoms with E-state index in [0.717, 1.165) is 37.0 Å². The Morgan fingerprint density at radius 1 is 1.00 bits per heavy atom. The summed E-state index contributed by atoms with van der Waals surface area (Å²) in [6.45, 7) is 0.540. The molecule has 4 fully saturated rings. The van der Waals surface area contributed by atoms with Gasteiger partial charge in [0.05, 0.1) is 11.0 Å². The lowest BCUT2D eigenvalue weighted by atomic mass is 9.49. The van der Waals surface area contributed by atoms with Gasteiger partial charge in [0.25, 0.3) is 0 Å². The molecule has 4 aliphatic rings. The molecule has 1 heterocycles. The third-order valence-corrected chi connectivity index (χ3v) is 7.19. The molecule has 0 unspecified atom stereocenters. The lowest BCUT2D eigenvalue weighted by molar-refractivity contribution is -0.146. The Labute approximate surface area is 169 Å². The molecule has 4 bridgehead atoms. The van der Waals surface area contributed by atoms with Crippen LogP contribution in [0.15, 0.2) is 23.0 Å². The van der Waals surface area contributed by atoms with Gasteiger partial charge in [0.2, 0.25) is 11.8 Å². The summed E-state index contributed by atoms with van der Waals surface area (Å²) in [5, 5.41) is 5.98. The molecule has 0 spiro atoms. The molecule has 2 aromatic rings. The minimum absolute atomic E-state index is 0.0914. The van der Waals surface area contributed by atoms with Crippen molar-refractivity contribution in [2.45, 2.75) is 51.4 Å². The Morgan fingerprint density at radius 3 is 2.34 bits per heavy atom. The quantitative estimate of drug-likeness (QED) is 0.564. The van der Waals surface area contributed by atoms with E-state index in [2.05, 4.69) is 20.6 Å². The second-order valence-corrected chi connectivity index (χ2v) is 9.45. The SMILES string of the molecule is O=C(CCCNC(=O)C12CC3CC(CC(C3)C1)C2)Nc1ccc2[nH]c(=O)[nH]c2c1. The van der Waals surface area contributed by atoms with E-state index in [1.165, 1.54) is 19.3 Å². The van der Waals surface area contributed by atoms with Gasteiger partial charge in [-0.2, -0.15) is 0 Å². The maximum Gasteiger partial charge on any atom is 0.323 e. The second kappa shape index (κ2) is 7.04. The first-order chi connectivity index (χ1) is 14.0. The molecule has 0 radical (unpaired) electrons. The van der Waals surface area contributed by atoms with Crippen LogP contribution in [0.4, 0.5) is 5.69 Å². The number of carbonyl (C=O) groups excluding carboxylic acids is 2. The van der Waals surface area contributed by atoms with Crippen molar-refractivity contribution in [3.8, 4) is 0 Å². The third kappa shape index (κ3) is 3.58. The second-order valence-electron chi connectivity index (χ2n) is 9.45. The summed E-state index contributed by atoms with van der Waals surface area (Å²) in [4.78, 5) is 41.8. The highest BCUT2D eigenvalue weighted by molar-refractivity contribution is 5.93. The first-order valence-electron chi connectivity index (χ1n) is 10.8. The summed E-state index contributed by atoms with van der Waals surface area (Å²) >= 11 is 0. The zero-order valence-electron chi connectivity index (χ0n) is 16.6. The summed E-state index contributed by atoms with van der Waals surface area (Å²) in [7, 11) is 0. The molecule has 7 heteroatoms. The van der Waals surface area contributed by atoms with Gasteiger partial charge in [-0.1, -0.05) is 0 Å². The molecule has 4 N–H and O–H groups in total. The average Bonchev–Trinajstić information content (AvgIpc) is 3.03. The molecule has 0 aliphatic heterocycles. The van der Waals surface area contributed by atoms with E-state index in [1.54, 1.807) is 18.2 Å². The van der Waals surface area contributed by atoms with Gasteiger partial charge in [0.1, 0.15) is 0 Å². The Kier molecular flexibility index (Phi) is 4.48. The highest BCUT2D eigenvalue weighted by Gasteiger charge is 2.54. The van der Waals surface area contributed by atoms with E-state index in [4.69, 9.17) is 0 Å². The van der Waals surface area contributed by atoms with Gasteiger partial charge in [-0.3, -0.25) is 9.59 Å². The van der Waals surface area contributed by atoms with Gasteiger partial charge in [-0.25, -0.2) is 4.79 Å². The van der Waals surface area contributed by atoms with Crippen LogP contribution in [0.1, 0.15) is 51.4 Å². The molecule has 29 heavy (non-hydrogen) atoms. The van der Waals surface area contributed by atoms with Crippen molar-refractivity contribution in [1.29, 1.82) is 0 Å². The lowest BCUT2D eigenvalue weighted by Gasteiger charge is -2.55. The zero-order valence-corrected chi connectivity index (χ0v) is 16.6. The molecule has 2 amide bonds. The van der Waals surface area contributed by atoms with Crippen molar-refractivity contribution in [1.82, 2.24) is 15.3 Å². The van der Waals surface area contributed by atoms with Crippen LogP contribution >= 0.6 is 0 Å². The Bertz CT molecular complexity index is 970. The maximum absolute atomic E-state index is 12.9. The van der Waals surface area contributed by atoms with Crippen LogP contribution < -0.4 is 16.3 Å². The molecule has 0 saturated heterocycles. The smallest absolute Gasteiger partial charge is 0.323 e. The van der Waals surface area contributed by atoms with Crippen molar-refractivity contribution < 1.29 is 9.59 Å². The van der Waals surface area contributed by atoms with Gasteiger partial charge in [-0.15, -0.1) is 0 Å². The number of aromatic amines is 2. The standard InChI is InChI=1S/C22H28N4O3/c27-19(24-16-3-4-17-18(9-16)26-21(29)25-17)2-1-5-23-20(28)22-10-13-6-14(11-22)8-15(7-13)12-22/h3-4,9,13-15H,1-2,5-8,10-12H2,(H,23,28)(H,24,27)(H2,25,26,29). The molecule has 6 rings (SSSR count). The van der Waals surface area contributed by atoms with Gasteiger partial charge in [0, 0.05) is 24.1 Å². The van der Waals surface area contributed by atoms with Crippen LogP contribution in [-0.4, -0.2) is 28.3 Å². The normalized spacial score (nSPS) is 29.9. The molecule has 1 aromatic carbocycles. The minimum Gasteiger partial charge on any atom is -0.356 e. The van der Waals surface area contributed by atoms with E-state index in [0.29, 0.717) is 36.1 Å². The van der Waals surface area contributed by atoms with E-state index < -0.39 is 0 Å². The van der Waals surface area contributed by atoms with Crippen LogP contribution in [0.25, 0.3) is 11.0 Å². The Hall–Kier alpha value is -2.57. The van der Waals surface area contributed by atoms with E-state index >= 15 is 0 Å². The molecular weight excluding hydrogens is 368 g/mol. The van der Waals surface area contributed by atoms with Crippen LogP contribution in [0, 0.1) is 23.2 Å². The van der Waals surface area contributed by atoms with E-state index in [-0.39, 0.29) is 22.9 Å². The number of rotatable bonds is 6. The molecule has 4 aliphatic carbocycles. The predicted octanol–water partition coefficient (Wildman–Crippen LogP) is 2.91. The number of hydrogen-bond donors (Lipinski definition) is 4. The van der Waals surface area contributed by atoms with Gasteiger partial charge in [-0.05, 0) is 80.9 Å². The summed E-state index contributed by atoms with van der Waals surface area (Å²) in [6, 6.07) is 5.26.